The molecule has 1 aliphatic rings. The largest absolute Gasteiger partial charge is 0.325 e. The van der Waals surface area contributed by atoms with Gasteiger partial charge < -0.3 is 10.6 Å². The van der Waals surface area contributed by atoms with Gasteiger partial charge in [0.2, 0.25) is 5.91 Å². The third kappa shape index (κ3) is 3.98. The van der Waals surface area contributed by atoms with Crippen LogP contribution in [0.3, 0.4) is 0 Å². The number of hydrogen-bond donors (Lipinski definition) is 2. The van der Waals surface area contributed by atoms with Gasteiger partial charge in [-0.15, -0.1) is 0 Å². The maximum atomic E-state index is 11.9. The van der Waals surface area contributed by atoms with E-state index in [0.717, 1.165) is 6.54 Å². The predicted octanol–water partition coefficient (Wildman–Crippen LogP) is 0.331. The highest BCUT2D eigenvalue weighted by Gasteiger charge is 2.23. The van der Waals surface area contributed by atoms with E-state index >= 15 is 0 Å². The topological polar surface area (TPSA) is 111 Å². The molecule has 0 spiro atoms. The number of benzene rings is 1. The molecule has 0 radical (unpaired) electrons. The maximum Gasteiger partial charge on any atom is 0.269 e. The minimum atomic E-state index is -0.496. The summed E-state index contributed by atoms with van der Waals surface area (Å²) in [4.78, 5) is 23.8. The Morgan fingerprint density at radius 2 is 2.24 bits per heavy atom. The van der Waals surface area contributed by atoms with E-state index in [-0.39, 0.29) is 24.2 Å². The standard InChI is InChI=1S/C13H15N5O3/c14-7-12-8-15-5-6-17(12)9-13(19)16-10-1-3-11(4-2-10)18(20)21/h1-4,12,15H,5-6,8-9H2,(H,16,19). The van der Waals surface area contributed by atoms with Crippen LogP contribution in [0.2, 0.25) is 0 Å². The minimum Gasteiger partial charge on any atom is -0.325 e. The summed E-state index contributed by atoms with van der Waals surface area (Å²) in [7, 11) is 0. The number of hydrogen-bond acceptors (Lipinski definition) is 6. The Balaban J connectivity index is 1.92. The molecule has 1 fully saturated rings. The molecule has 1 aliphatic heterocycles. The van der Waals surface area contributed by atoms with Gasteiger partial charge in [0.15, 0.2) is 0 Å². The van der Waals surface area contributed by atoms with Crippen molar-refractivity contribution in [2.45, 2.75) is 6.04 Å². The number of piperazine rings is 1. The average molecular weight is 289 g/mol. The molecule has 1 aromatic rings. The van der Waals surface area contributed by atoms with Crippen molar-refractivity contribution in [3.05, 3.63) is 34.4 Å². The monoisotopic (exact) mass is 289 g/mol. The number of nitro groups is 1. The number of nitrogens with zero attached hydrogens (tertiary/aromatic N) is 3. The van der Waals surface area contributed by atoms with Crippen molar-refractivity contribution < 1.29 is 9.72 Å². The maximum absolute atomic E-state index is 11.9. The normalized spacial score (nSPS) is 18.7. The fraction of sp³-hybridized carbons (Fsp3) is 0.385. The van der Waals surface area contributed by atoms with Crippen LogP contribution in [-0.2, 0) is 4.79 Å². The van der Waals surface area contributed by atoms with E-state index in [0.29, 0.717) is 18.8 Å². The van der Waals surface area contributed by atoms with Crippen LogP contribution in [0, 0.1) is 21.4 Å². The number of nitriles is 1. The lowest BCUT2D eigenvalue weighted by Gasteiger charge is -2.31. The summed E-state index contributed by atoms with van der Waals surface area (Å²) >= 11 is 0. The molecule has 1 heterocycles. The first-order valence-corrected chi connectivity index (χ1v) is 6.49. The first-order chi connectivity index (χ1) is 10.1. The summed E-state index contributed by atoms with van der Waals surface area (Å²) in [5.41, 5.74) is 0.467. The number of amides is 1. The van der Waals surface area contributed by atoms with E-state index < -0.39 is 4.92 Å². The lowest BCUT2D eigenvalue weighted by molar-refractivity contribution is -0.384. The fourth-order valence-corrected chi connectivity index (χ4v) is 2.11. The molecule has 0 bridgehead atoms. The Kier molecular flexibility index (Phi) is 4.81. The number of non-ortho nitro benzene ring substituents is 1. The van der Waals surface area contributed by atoms with E-state index in [1.54, 1.807) is 4.90 Å². The van der Waals surface area contributed by atoms with Crippen LogP contribution < -0.4 is 10.6 Å². The van der Waals surface area contributed by atoms with Crippen LogP contribution in [0.5, 0.6) is 0 Å². The number of carbonyl (C=O) groups is 1. The molecule has 21 heavy (non-hydrogen) atoms. The molecule has 110 valence electrons. The Hall–Kier alpha value is -2.50. The Morgan fingerprint density at radius 3 is 2.86 bits per heavy atom. The smallest absolute Gasteiger partial charge is 0.269 e. The van der Waals surface area contributed by atoms with Gasteiger partial charge in [-0.05, 0) is 12.1 Å². The Labute approximate surface area is 121 Å². The zero-order valence-electron chi connectivity index (χ0n) is 11.3. The van der Waals surface area contributed by atoms with Gasteiger partial charge in [0.05, 0.1) is 17.5 Å². The summed E-state index contributed by atoms with van der Waals surface area (Å²) in [6.07, 6.45) is 0. The summed E-state index contributed by atoms with van der Waals surface area (Å²) in [6.45, 7) is 2.03. The van der Waals surface area contributed by atoms with Gasteiger partial charge >= 0.3 is 0 Å². The van der Waals surface area contributed by atoms with Crippen LogP contribution in [0.25, 0.3) is 0 Å². The molecule has 1 aromatic carbocycles. The van der Waals surface area contributed by atoms with Crippen molar-refractivity contribution in [3.8, 4) is 6.07 Å². The first kappa shape index (κ1) is 14.9. The molecule has 1 amide bonds. The van der Waals surface area contributed by atoms with Crippen LogP contribution in [0.1, 0.15) is 0 Å². The number of anilines is 1. The van der Waals surface area contributed by atoms with E-state index in [2.05, 4.69) is 16.7 Å². The predicted molar refractivity (Wildman–Crippen MR) is 75.6 cm³/mol. The van der Waals surface area contributed by atoms with Crippen molar-refractivity contribution >= 4 is 17.3 Å². The second-order valence-electron chi connectivity index (χ2n) is 4.67. The highest BCUT2D eigenvalue weighted by Crippen LogP contribution is 2.15. The van der Waals surface area contributed by atoms with Crippen LogP contribution in [0.4, 0.5) is 11.4 Å². The molecule has 1 atom stereocenters. The van der Waals surface area contributed by atoms with Crippen molar-refractivity contribution in [2.24, 2.45) is 0 Å². The summed E-state index contributed by atoms with van der Waals surface area (Å²) in [6, 6.07) is 7.46. The third-order valence-corrected chi connectivity index (χ3v) is 3.21. The molecule has 8 heteroatoms. The second-order valence-corrected chi connectivity index (χ2v) is 4.67. The molecular weight excluding hydrogens is 274 g/mol. The molecule has 0 aromatic heterocycles. The van der Waals surface area contributed by atoms with Gasteiger partial charge in [-0.3, -0.25) is 19.8 Å². The van der Waals surface area contributed by atoms with Gasteiger partial charge in [0, 0.05) is 37.5 Å². The molecule has 0 saturated carbocycles. The average Bonchev–Trinajstić information content (AvgIpc) is 2.48. The molecule has 1 saturated heterocycles. The Bertz CT molecular complexity index is 566. The van der Waals surface area contributed by atoms with Gasteiger partial charge in [-0.1, -0.05) is 0 Å². The van der Waals surface area contributed by atoms with Crippen molar-refractivity contribution in [2.75, 3.05) is 31.5 Å². The molecular formula is C13H15N5O3. The molecule has 2 N–H and O–H groups in total. The van der Waals surface area contributed by atoms with Crippen molar-refractivity contribution in [3.63, 3.8) is 0 Å². The van der Waals surface area contributed by atoms with Crippen molar-refractivity contribution in [1.82, 2.24) is 10.2 Å². The van der Waals surface area contributed by atoms with Gasteiger partial charge in [0.1, 0.15) is 6.04 Å². The lowest BCUT2D eigenvalue weighted by Crippen LogP contribution is -2.52. The molecule has 0 aliphatic carbocycles. The van der Waals surface area contributed by atoms with E-state index in [4.69, 9.17) is 5.26 Å². The number of nitro benzene ring substituents is 1. The highest BCUT2D eigenvalue weighted by molar-refractivity contribution is 5.92. The van der Waals surface area contributed by atoms with Crippen LogP contribution >= 0.6 is 0 Å². The Morgan fingerprint density at radius 1 is 1.52 bits per heavy atom. The zero-order valence-corrected chi connectivity index (χ0v) is 11.3. The number of nitrogens with one attached hydrogen (secondary N) is 2. The number of rotatable bonds is 4. The molecule has 1 unspecified atom stereocenters. The quantitative estimate of drug-likeness (QED) is 0.610. The van der Waals surface area contributed by atoms with E-state index in [1.165, 1.54) is 24.3 Å². The summed E-state index contributed by atoms with van der Waals surface area (Å²) in [5.74, 6) is -0.244. The lowest BCUT2D eigenvalue weighted by atomic mass is 10.2. The second kappa shape index (κ2) is 6.78. The third-order valence-electron chi connectivity index (χ3n) is 3.21. The van der Waals surface area contributed by atoms with E-state index in [1.807, 2.05) is 0 Å². The highest BCUT2D eigenvalue weighted by atomic mass is 16.6. The fourth-order valence-electron chi connectivity index (χ4n) is 2.11. The molecule has 8 nitrogen and oxygen atoms in total. The SMILES string of the molecule is N#CC1CNCCN1CC(=O)Nc1ccc([N+](=O)[O-])cc1. The summed E-state index contributed by atoms with van der Waals surface area (Å²) < 4.78 is 0. The summed E-state index contributed by atoms with van der Waals surface area (Å²) in [5, 5.41) is 25.3. The molecule has 2 rings (SSSR count). The first-order valence-electron chi connectivity index (χ1n) is 6.49. The van der Waals surface area contributed by atoms with Crippen LogP contribution in [0.15, 0.2) is 24.3 Å². The van der Waals surface area contributed by atoms with Gasteiger partial charge in [0.25, 0.3) is 5.69 Å². The minimum absolute atomic E-state index is 0.0281. The van der Waals surface area contributed by atoms with E-state index in [9.17, 15) is 14.9 Å². The van der Waals surface area contributed by atoms with Crippen LogP contribution in [-0.4, -0.2) is 48.0 Å². The van der Waals surface area contributed by atoms with Crippen molar-refractivity contribution in [1.29, 1.82) is 5.26 Å². The number of carbonyl (C=O) groups excluding carboxylic acids is 1. The van der Waals surface area contributed by atoms with Gasteiger partial charge in [-0.2, -0.15) is 5.26 Å². The van der Waals surface area contributed by atoms with Gasteiger partial charge in [-0.25, -0.2) is 0 Å². The zero-order chi connectivity index (χ0) is 15.2.